The molecule has 3 aromatic heterocycles. The van der Waals surface area contributed by atoms with Gasteiger partial charge in [0.2, 0.25) is 11.8 Å². The van der Waals surface area contributed by atoms with Crippen LogP contribution >= 0.6 is 11.6 Å². The van der Waals surface area contributed by atoms with Gasteiger partial charge >= 0.3 is 0 Å². The molecule has 172 valence electrons. The molecule has 0 aliphatic carbocycles. The van der Waals surface area contributed by atoms with Crippen LogP contribution in [0.5, 0.6) is 5.75 Å². The number of aromatic nitrogens is 5. The first-order valence-corrected chi connectivity index (χ1v) is 10.7. The molecule has 0 spiro atoms. The van der Waals surface area contributed by atoms with Crippen molar-refractivity contribution >= 4 is 45.1 Å². The van der Waals surface area contributed by atoms with Gasteiger partial charge in [0, 0.05) is 16.1 Å². The van der Waals surface area contributed by atoms with Crippen molar-refractivity contribution in [1.82, 2.24) is 24.3 Å². The summed E-state index contributed by atoms with van der Waals surface area (Å²) in [6.07, 6.45) is 1.43. The SMILES string of the molecule is COc1ccc2c(c1)c1ncn(Cc3nc(C)no3)c(=O)c1n2CC(=O)Nc1cccc(Cl)c1. The Kier molecular flexibility index (Phi) is 5.50. The van der Waals surface area contributed by atoms with Gasteiger partial charge in [0.1, 0.15) is 29.9 Å². The minimum absolute atomic E-state index is 0.0577. The lowest BCUT2D eigenvalue weighted by atomic mass is 10.2. The summed E-state index contributed by atoms with van der Waals surface area (Å²) in [7, 11) is 1.56. The van der Waals surface area contributed by atoms with Gasteiger partial charge in [-0.3, -0.25) is 14.2 Å². The Morgan fingerprint density at radius 2 is 2.09 bits per heavy atom. The van der Waals surface area contributed by atoms with Crippen molar-refractivity contribution in [3.8, 4) is 5.75 Å². The first-order valence-electron chi connectivity index (χ1n) is 10.3. The lowest BCUT2D eigenvalue weighted by Gasteiger charge is -2.10. The number of hydrogen-bond acceptors (Lipinski definition) is 7. The molecule has 0 aliphatic rings. The number of nitrogens with one attached hydrogen (secondary N) is 1. The van der Waals surface area contributed by atoms with Gasteiger partial charge in [-0.05, 0) is 43.3 Å². The van der Waals surface area contributed by atoms with Crippen LogP contribution in [0.2, 0.25) is 5.02 Å². The molecule has 0 saturated carbocycles. The molecule has 10 nitrogen and oxygen atoms in total. The van der Waals surface area contributed by atoms with Crippen molar-refractivity contribution in [1.29, 1.82) is 0 Å². The minimum Gasteiger partial charge on any atom is -0.497 e. The molecule has 34 heavy (non-hydrogen) atoms. The number of amides is 1. The number of anilines is 1. The van der Waals surface area contributed by atoms with E-state index in [1.54, 1.807) is 61.1 Å². The van der Waals surface area contributed by atoms with Crippen molar-refractivity contribution in [2.24, 2.45) is 0 Å². The standard InChI is InChI=1S/C23H19ClN6O4/c1-13-26-20(34-28-13)11-29-12-25-21-17-9-16(33-2)6-7-18(17)30(22(21)23(29)32)10-19(31)27-15-5-3-4-14(24)8-15/h3-9,12H,10-11H2,1-2H3,(H,27,31). The lowest BCUT2D eigenvalue weighted by Crippen LogP contribution is -2.25. The van der Waals surface area contributed by atoms with Gasteiger partial charge in [-0.1, -0.05) is 22.8 Å². The van der Waals surface area contributed by atoms with Gasteiger partial charge in [0.05, 0.1) is 19.0 Å². The summed E-state index contributed by atoms with van der Waals surface area (Å²) in [6, 6.07) is 12.2. The van der Waals surface area contributed by atoms with Crippen molar-refractivity contribution < 1.29 is 14.1 Å². The quantitative estimate of drug-likeness (QED) is 0.397. The molecule has 0 bridgehead atoms. The summed E-state index contributed by atoms with van der Waals surface area (Å²) in [5.74, 6) is 1.04. The molecule has 3 heterocycles. The molecule has 5 rings (SSSR count). The molecule has 0 aliphatic heterocycles. The molecular formula is C23H19ClN6O4. The van der Waals surface area contributed by atoms with E-state index in [9.17, 15) is 9.59 Å². The molecule has 0 radical (unpaired) electrons. The zero-order chi connectivity index (χ0) is 23.8. The highest BCUT2D eigenvalue weighted by molar-refractivity contribution is 6.30. The van der Waals surface area contributed by atoms with Crippen LogP contribution in [0.25, 0.3) is 21.9 Å². The smallest absolute Gasteiger partial charge is 0.278 e. The number of benzene rings is 2. The van der Waals surface area contributed by atoms with E-state index in [4.69, 9.17) is 20.9 Å². The molecule has 5 aromatic rings. The second kappa shape index (κ2) is 8.64. The molecule has 0 unspecified atom stereocenters. The molecule has 0 fully saturated rings. The number of hydrogen-bond donors (Lipinski definition) is 1. The summed E-state index contributed by atoms with van der Waals surface area (Å²) in [4.78, 5) is 35.1. The molecule has 11 heteroatoms. The van der Waals surface area contributed by atoms with E-state index in [1.807, 2.05) is 0 Å². The molecule has 0 atom stereocenters. The fraction of sp³-hybridized carbons (Fsp3) is 0.174. The Labute approximate surface area is 197 Å². The summed E-state index contributed by atoms with van der Waals surface area (Å²) < 4.78 is 13.5. The van der Waals surface area contributed by atoms with Crippen LogP contribution in [0, 0.1) is 6.92 Å². The lowest BCUT2D eigenvalue weighted by molar-refractivity contribution is -0.116. The van der Waals surface area contributed by atoms with Gasteiger partial charge in [-0.2, -0.15) is 4.98 Å². The van der Waals surface area contributed by atoms with Gasteiger partial charge in [0.25, 0.3) is 5.56 Å². The average molecular weight is 479 g/mol. The Bertz CT molecular complexity index is 1600. The number of halogens is 1. The van der Waals surface area contributed by atoms with E-state index >= 15 is 0 Å². The van der Waals surface area contributed by atoms with Crippen LogP contribution in [-0.2, 0) is 17.9 Å². The van der Waals surface area contributed by atoms with Crippen LogP contribution in [0.4, 0.5) is 5.69 Å². The molecule has 1 amide bonds. The number of rotatable bonds is 6. The predicted octanol–water partition coefficient (Wildman–Crippen LogP) is 3.39. The van der Waals surface area contributed by atoms with E-state index in [-0.39, 0.29) is 36.0 Å². The van der Waals surface area contributed by atoms with E-state index in [0.717, 1.165) is 0 Å². The van der Waals surface area contributed by atoms with E-state index in [2.05, 4.69) is 20.4 Å². The molecule has 1 N–H and O–H groups in total. The molecule has 2 aromatic carbocycles. The molecule has 0 saturated heterocycles. The Hall–Kier alpha value is -4.18. The summed E-state index contributed by atoms with van der Waals surface area (Å²) in [6.45, 7) is 1.64. The first kappa shape index (κ1) is 21.7. The van der Waals surface area contributed by atoms with E-state index in [0.29, 0.717) is 38.7 Å². The number of nitrogens with zero attached hydrogens (tertiary/aromatic N) is 5. The number of methoxy groups -OCH3 is 1. The highest BCUT2D eigenvalue weighted by atomic mass is 35.5. The third-order valence-electron chi connectivity index (χ3n) is 5.32. The zero-order valence-electron chi connectivity index (χ0n) is 18.3. The predicted molar refractivity (Wildman–Crippen MR) is 126 cm³/mol. The average Bonchev–Trinajstić information content (AvgIpc) is 3.36. The normalized spacial score (nSPS) is 11.3. The monoisotopic (exact) mass is 478 g/mol. The first-order chi connectivity index (χ1) is 16.4. The second-order valence-corrected chi connectivity index (χ2v) is 8.07. The van der Waals surface area contributed by atoms with E-state index in [1.165, 1.54) is 10.9 Å². The fourth-order valence-corrected chi connectivity index (χ4v) is 4.03. The Balaban J connectivity index is 1.61. The van der Waals surface area contributed by atoms with Gasteiger partial charge < -0.3 is 19.1 Å². The fourth-order valence-electron chi connectivity index (χ4n) is 3.84. The van der Waals surface area contributed by atoms with E-state index < -0.39 is 0 Å². The van der Waals surface area contributed by atoms with Crippen LogP contribution in [0.1, 0.15) is 11.7 Å². The number of carbonyl (C=O) groups excluding carboxylic acids is 1. The van der Waals surface area contributed by atoms with Gasteiger partial charge in [-0.15, -0.1) is 0 Å². The van der Waals surface area contributed by atoms with Crippen LogP contribution in [0.15, 0.2) is 58.1 Å². The third kappa shape index (κ3) is 3.99. The zero-order valence-corrected chi connectivity index (χ0v) is 19.0. The van der Waals surface area contributed by atoms with Crippen molar-refractivity contribution in [2.75, 3.05) is 12.4 Å². The Morgan fingerprint density at radius 3 is 2.82 bits per heavy atom. The van der Waals surface area contributed by atoms with Gasteiger partial charge in [0.15, 0.2) is 5.82 Å². The molecular weight excluding hydrogens is 460 g/mol. The van der Waals surface area contributed by atoms with Crippen molar-refractivity contribution in [2.45, 2.75) is 20.0 Å². The highest BCUT2D eigenvalue weighted by Gasteiger charge is 2.20. The maximum Gasteiger partial charge on any atom is 0.278 e. The van der Waals surface area contributed by atoms with Crippen LogP contribution in [0.3, 0.4) is 0 Å². The maximum absolute atomic E-state index is 13.5. The number of fused-ring (bicyclic) bond motifs is 3. The highest BCUT2D eigenvalue weighted by Crippen LogP contribution is 2.29. The number of aryl methyl sites for hydroxylation is 1. The van der Waals surface area contributed by atoms with Crippen molar-refractivity contribution in [3.63, 3.8) is 0 Å². The summed E-state index contributed by atoms with van der Waals surface area (Å²) in [5.41, 5.74) is 1.64. The third-order valence-corrected chi connectivity index (χ3v) is 5.55. The van der Waals surface area contributed by atoms with Crippen LogP contribution < -0.4 is 15.6 Å². The summed E-state index contributed by atoms with van der Waals surface area (Å²) >= 11 is 6.02. The topological polar surface area (TPSA) is 117 Å². The van der Waals surface area contributed by atoms with Gasteiger partial charge in [-0.25, -0.2) is 4.98 Å². The number of ether oxygens (including phenoxy) is 1. The Morgan fingerprint density at radius 1 is 1.24 bits per heavy atom. The summed E-state index contributed by atoms with van der Waals surface area (Å²) in [5, 5.41) is 7.78. The van der Waals surface area contributed by atoms with Crippen LogP contribution in [-0.4, -0.2) is 37.3 Å². The number of carbonyl (C=O) groups is 1. The second-order valence-electron chi connectivity index (χ2n) is 7.64. The minimum atomic E-state index is -0.341. The van der Waals surface area contributed by atoms with Crippen molar-refractivity contribution in [3.05, 3.63) is 75.9 Å². The maximum atomic E-state index is 13.5. The largest absolute Gasteiger partial charge is 0.497 e.